The van der Waals surface area contributed by atoms with Gasteiger partial charge in [-0.05, 0) is 54.3 Å². The summed E-state index contributed by atoms with van der Waals surface area (Å²) in [6.45, 7) is 5.11. The molecule has 1 fully saturated rings. The van der Waals surface area contributed by atoms with E-state index in [2.05, 4.69) is 15.5 Å². The number of primary amides is 1. The molecule has 2 aromatic rings. The molecule has 2 amide bonds. The third-order valence-corrected chi connectivity index (χ3v) is 5.65. The van der Waals surface area contributed by atoms with Crippen LogP contribution in [0.4, 0.5) is 0 Å². The summed E-state index contributed by atoms with van der Waals surface area (Å²) in [4.78, 5) is 25.6. The topological polar surface area (TPSA) is 107 Å². The second-order valence-corrected chi connectivity index (χ2v) is 7.40. The largest absolute Gasteiger partial charge is 0.369 e. The number of hydrogen-bond acceptors (Lipinski definition) is 6. The van der Waals surface area contributed by atoms with E-state index in [0.717, 1.165) is 29.7 Å². The van der Waals surface area contributed by atoms with Crippen LogP contribution in [0.3, 0.4) is 0 Å². The summed E-state index contributed by atoms with van der Waals surface area (Å²) in [5, 5.41) is 12.4. The highest BCUT2D eigenvalue weighted by Crippen LogP contribution is 2.23. The van der Waals surface area contributed by atoms with Crippen LogP contribution in [0, 0.1) is 19.8 Å². The second-order valence-electron chi connectivity index (χ2n) is 6.46. The van der Waals surface area contributed by atoms with E-state index in [4.69, 9.17) is 5.73 Å². The highest BCUT2D eigenvalue weighted by atomic mass is 32.2. The summed E-state index contributed by atoms with van der Waals surface area (Å²) in [6.07, 6.45) is 1.54. The van der Waals surface area contributed by atoms with E-state index in [0.29, 0.717) is 18.2 Å². The van der Waals surface area contributed by atoms with Crippen LogP contribution in [0.25, 0.3) is 5.69 Å². The third kappa shape index (κ3) is 3.87. The summed E-state index contributed by atoms with van der Waals surface area (Å²) in [6, 6.07) is 5.94. The van der Waals surface area contributed by atoms with Gasteiger partial charge in [-0.25, -0.2) is 0 Å². The number of likely N-dealkylation sites (tertiary alicyclic amines) is 1. The molecule has 1 atom stereocenters. The Bertz CT molecular complexity index is 821. The molecule has 1 saturated heterocycles. The van der Waals surface area contributed by atoms with E-state index in [9.17, 15) is 9.59 Å². The standard InChI is InChI=1S/C17H22N6O2S/c1-11-5-3-7-14(12(11)2)23-17(19-20-21-23)26-10-15(24)22-8-4-6-13(9-22)16(18)25/h3,5,7,13H,4,6,8-10H2,1-2H3,(H2,18,25)/t13-/m0/s1. The Kier molecular flexibility index (Phi) is 5.55. The van der Waals surface area contributed by atoms with E-state index < -0.39 is 0 Å². The Hall–Kier alpha value is -2.42. The van der Waals surface area contributed by atoms with Crippen molar-refractivity contribution in [2.24, 2.45) is 11.7 Å². The average molecular weight is 374 g/mol. The number of piperidine rings is 1. The smallest absolute Gasteiger partial charge is 0.233 e. The van der Waals surface area contributed by atoms with Crippen LogP contribution in [-0.4, -0.2) is 55.8 Å². The van der Waals surface area contributed by atoms with Crippen LogP contribution in [0.15, 0.2) is 23.4 Å². The maximum Gasteiger partial charge on any atom is 0.233 e. The molecule has 0 saturated carbocycles. The molecule has 8 nitrogen and oxygen atoms in total. The average Bonchev–Trinajstić information content (AvgIpc) is 3.10. The van der Waals surface area contributed by atoms with Gasteiger partial charge in [0.2, 0.25) is 17.0 Å². The summed E-state index contributed by atoms with van der Waals surface area (Å²) in [5.41, 5.74) is 8.52. The third-order valence-electron chi connectivity index (χ3n) is 4.75. The first kappa shape index (κ1) is 18.4. The van der Waals surface area contributed by atoms with Gasteiger partial charge in [-0.1, -0.05) is 23.9 Å². The Balaban J connectivity index is 1.68. The molecule has 138 valence electrons. The van der Waals surface area contributed by atoms with Crippen LogP contribution >= 0.6 is 11.8 Å². The molecule has 1 aromatic heterocycles. The first-order chi connectivity index (χ1) is 12.5. The fourth-order valence-corrected chi connectivity index (χ4v) is 3.83. The Morgan fingerprint density at radius 3 is 2.92 bits per heavy atom. The maximum absolute atomic E-state index is 12.5. The number of nitrogens with two attached hydrogens (primary N) is 1. The summed E-state index contributed by atoms with van der Waals surface area (Å²) >= 11 is 1.29. The Morgan fingerprint density at radius 1 is 1.35 bits per heavy atom. The lowest BCUT2D eigenvalue weighted by atomic mass is 9.97. The number of amides is 2. The lowest BCUT2D eigenvalue weighted by molar-refractivity contribution is -0.132. The summed E-state index contributed by atoms with van der Waals surface area (Å²) in [7, 11) is 0. The molecule has 9 heteroatoms. The van der Waals surface area contributed by atoms with Gasteiger partial charge in [-0.2, -0.15) is 4.68 Å². The van der Waals surface area contributed by atoms with Gasteiger partial charge in [0.15, 0.2) is 0 Å². The molecule has 0 aliphatic carbocycles. The lowest BCUT2D eigenvalue weighted by Gasteiger charge is -2.31. The number of aromatic nitrogens is 4. The lowest BCUT2D eigenvalue weighted by Crippen LogP contribution is -2.44. The van der Waals surface area contributed by atoms with E-state index in [-0.39, 0.29) is 23.5 Å². The Morgan fingerprint density at radius 2 is 2.15 bits per heavy atom. The minimum atomic E-state index is -0.339. The van der Waals surface area contributed by atoms with Gasteiger partial charge in [0.25, 0.3) is 0 Å². The minimum absolute atomic E-state index is 0.0311. The fourth-order valence-electron chi connectivity index (χ4n) is 3.04. The highest BCUT2D eigenvalue weighted by molar-refractivity contribution is 7.99. The number of benzene rings is 1. The number of tetrazole rings is 1. The summed E-state index contributed by atoms with van der Waals surface area (Å²) in [5.74, 6) is -0.403. The molecule has 26 heavy (non-hydrogen) atoms. The molecule has 3 rings (SSSR count). The second kappa shape index (κ2) is 7.86. The van der Waals surface area contributed by atoms with Crippen LogP contribution < -0.4 is 5.73 Å². The van der Waals surface area contributed by atoms with Crippen molar-refractivity contribution >= 4 is 23.6 Å². The number of rotatable bonds is 5. The van der Waals surface area contributed by atoms with Crippen molar-refractivity contribution in [1.82, 2.24) is 25.1 Å². The molecule has 0 bridgehead atoms. The van der Waals surface area contributed by atoms with Gasteiger partial charge in [0, 0.05) is 13.1 Å². The number of carbonyl (C=O) groups excluding carboxylic acids is 2. The van der Waals surface area contributed by atoms with Crippen molar-refractivity contribution in [3.8, 4) is 5.69 Å². The molecule has 2 heterocycles. The molecule has 0 spiro atoms. The first-order valence-electron chi connectivity index (χ1n) is 8.52. The zero-order chi connectivity index (χ0) is 18.7. The van der Waals surface area contributed by atoms with Crippen molar-refractivity contribution < 1.29 is 9.59 Å². The van der Waals surface area contributed by atoms with E-state index in [1.54, 1.807) is 9.58 Å². The van der Waals surface area contributed by atoms with Crippen LogP contribution in [0.1, 0.15) is 24.0 Å². The number of thioether (sulfide) groups is 1. The van der Waals surface area contributed by atoms with Crippen LogP contribution in [0.5, 0.6) is 0 Å². The molecule has 1 aliphatic rings. The number of nitrogens with zero attached hydrogens (tertiary/aromatic N) is 5. The number of carbonyl (C=O) groups is 2. The predicted molar refractivity (Wildman–Crippen MR) is 97.9 cm³/mol. The van der Waals surface area contributed by atoms with Crippen LogP contribution in [0.2, 0.25) is 0 Å². The Labute approximate surface area is 156 Å². The van der Waals surface area contributed by atoms with E-state index in [1.807, 2.05) is 32.0 Å². The molecular weight excluding hydrogens is 352 g/mol. The van der Waals surface area contributed by atoms with Gasteiger partial charge >= 0.3 is 0 Å². The minimum Gasteiger partial charge on any atom is -0.369 e. The van der Waals surface area contributed by atoms with Crippen molar-refractivity contribution in [2.45, 2.75) is 31.8 Å². The molecular formula is C17H22N6O2S. The molecule has 0 radical (unpaired) electrons. The van der Waals surface area contributed by atoms with Gasteiger partial charge in [-0.3, -0.25) is 9.59 Å². The quantitative estimate of drug-likeness (QED) is 0.785. The first-order valence-corrected chi connectivity index (χ1v) is 9.50. The zero-order valence-electron chi connectivity index (χ0n) is 14.9. The number of aryl methyl sites for hydroxylation is 1. The maximum atomic E-state index is 12.5. The van der Waals surface area contributed by atoms with E-state index >= 15 is 0 Å². The van der Waals surface area contributed by atoms with Crippen LogP contribution in [-0.2, 0) is 9.59 Å². The molecule has 2 N–H and O–H groups in total. The van der Waals surface area contributed by atoms with Crippen molar-refractivity contribution in [2.75, 3.05) is 18.8 Å². The monoisotopic (exact) mass is 374 g/mol. The van der Waals surface area contributed by atoms with Crippen molar-refractivity contribution in [1.29, 1.82) is 0 Å². The fraction of sp³-hybridized carbons (Fsp3) is 0.471. The highest BCUT2D eigenvalue weighted by Gasteiger charge is 2.27. The SMILES string of the molecule is Cc1cccc(-n2nnnc2SCC(=O)N2CCC[C@H](C(N)=O)C2)c1C. The van der Waals surface area contributed by atoms with Gasteiger partial charge < -0.3 is 10.6 Å². The van der Waals surface area contributed by atoms with E-state index in [1.165, 1.54) is 11.8 Å². The van der Waals surface area contributed by atoms with Gasteiger partial charge in [0.05, 0.1) is 17.4 Å². The van der Waals surface area contributed by atoms with Gasteiger partial charge in [0.1, 0.15) is 0 Å². The predicted octanol–water partition coefficient (Wildman–Crippen LogP) is 1.10. The van der Waals surface area contributed by atoms with Crippen molar-refractivity contribution in [3.05, 3.63) is 29.3 Å². The molecule has 0 unspecified atom stereocenters. The van der Waals surface area contributed by atoms with Crippen molar-refractivity contribution in [3.63, 3.8) is 0 Å². The van der Waals surface area contributed by atoms with Gasteiger partial charge in [-0.15, -0.1) is 5.10 Å². The number of hydrogen-bond donors (Lipinski definition) is 1. The normalized spacial score (nSPS) is 17.3. The molecule has 1 aliphatic heterocycles. The summed E-state index contributed by atoms with van der Waals surface area (Å²) < 4.78 is 1.66. The molecule has 1 aromatic carbocycles. The zero-order valence-corrected chi connectivity index (χ0v) is 15.7.